The molecule has 2 amide bonds. The molecule has 116 valence electrons. The van der Waals surface area contributed by atoms with Crippen LogP contribution >= 0.6 is 0 Å². The maximum absolute atomic E-state index is 12.1. The largest absolute Gasteiger partial charge is 0.444 e. The summed E-state index contributed by atoms with van der Waals surface area (Å²) in [5.41, 5.74) is -0.573. The van der Waals surface area contributed by atoms with Gasteiger partial charge in [0.05, 0.1) is 6.10 Å². The van der Waals surface area contributed by atoms with E-state index in [4.69, 9.17) is 9.47 Å². The minimum Gasteiger partial charge on any atom is -0.444 e. The molecule has 1 aliphatic heterocycles. The zero-order valence-corrected chi connectivity index (χ0v) is 13.1. The fourth-order valence-corrected chi connectivity index (χ4v) is 2.06. The van der Waals surface area contributed by atoms with Gasteiger partial charge in [-0.3, -0.25) is 4.79 Å². The van der Waals surface area contributed by atoms with E-state index in [0.29, 0.717) is 6.54 Å². The molecule has 6 heteroatoms. The highest BCUT2D eigenvalue weighted by molar-refractivity contribution is 5.85. The summed E-state index contributed by atoms with van der Waals surface area (Å²) in [6, 6.07) is -0.615. The number of amides is 2. The second-order valence-corrected chi connectivity index (χ2v) is 6.22. The summed E-state index contributed by atoms with van der Waals surface area (Å²) >= 11 is 0. The summed E-state index contributed by atoms with van der Waals surface area (Å²) in [6.45, 7) is 8.31. The Kier molecular flexibility index (Phi) is 5.80. The fraction of sp³-hybridized carbons (Fsp3) is 0.857. The van der Waals surface area contributed by atoms with E-state index < -0.39 is 17.7 Å². The molecule has 2 atom stereocenters. The Labute approximate surface area is 120 Å². The quantitative estimate of drug-likeness (QED) is 0.851. The predicted octanol–water partition coefficient (Wildman–Crippen LogP) is 1.54. The van der Waals surface area contributed by atoms with Crippen molar-refractivity contribution in [2.45, 2.75) is 58.3 Å². The Hall–Kier alpha value is -1.30. The Balaban J connectivity index is 2.39. The van der Waals surface area contributed by atoms with Crippen LogP contribution in [0, 0.1) is 0 Å². The predicted molar refractivity (Wildman–Crippen MR) is 75.4 cm³/mol. The lowest BCUT2D eigenvalue weighted by molar-refractivity contribution is -0.133. The molecule has 0 aromatic heterocycles. The first-order chi connectivity index (χ1) is 9.19. The average molecular weight is 286 g/mol. The molecule has 6 nitrogen and oxygen atoms in total. The van der Waals surface area contributed by atoms with E-state index in [2.05, 4.69) is 5.32 Å². The van der Waals surface area contributed by atoms with Crippen molar-refractivity contribution in [3.05, 3.63) is 0 Å². The topological polar surface area (TPSA) is 67.9 Å². The highest BCUT2D eigenvalue weighted by atomic mass is 16.6. The first-order valence-corrected chi connectivity index (χ1v) is 7.05. The number of hydrogen-bond acceptors (Lipinski definition) is 4. The van der Waals surface area contributed by atoms with Crippen LogP contribution in [0.4, 0.5) is 4.79 Å². The van der Waals surface area contributed by atoms with Gasteiger partial charge < -0.3 is 19.7 Å². The van der Waals surface area contributed by atoms with Crippen molar-refractivity contribution in [1.29, 1.82) is 0 Å². The van der Waals surface area contributed by atoms with E-state index >= 15 is 0 Å². The number of nitrogens with one attached hydrogen (secondary N) is 1. The molecule has 2 unspecified atom stereocenters. The first-order valence-electron chi connectivity index (χ1n) is 7.05. The number of nitrogens with zero attached hydrogens (tertiary/aromatic N) is 1. The van der Waals surface area contributed by atoms with Gasteiger partial charge in [0, 0.05) is 20.2 Å². The van der Waals surface area contributed by atoms with E-state index in [1.54, 1.807) is 39.6 Å². The number of alkyl carbamates (subject to hydrolysis) is 1. The van der Waals surface area contributed by atoms with E-state index in [1.165, 1.54) is 0 Å². The standard InChI is InChI=1S/C14H26N2O4/c1-10(15-13(18)20-14(2,3)4)12(17)16(5)9-11-7-6-8-19-11/h10-11H,6-9H2,1-5H3,(H,15,18). The van der Waals surface area contributed by atoms with E-state index in [-0.39, 0.29) is 12.0 Å². The number of hydrogen-bond donors (Lipinski definition) is 1. The number of carbonyl (C=O) groups is 2. The summed E-state index contributed by atoms with van der Waals surface area (Å²) in [4.78, 5) is 25.3. The van der Waals surface area contributed by atoms with Crippen LogP contribution in [0.1, 0.15) is 40.5 Å². The molecule has 0 aliphatic carbocycles. The van der Waals surface area contributed by atoms with Gasteiger partial charge in [0.15, 0.2) is 0 Å². The molecule has 0 aromatic carbocycles. The molecular formula is C14H26N2O4. The van der Waals surface area contributed by atoms with Crippen molar-refractivity contribution in [3.8, 4) is 0 Å². The molecular weight excluding hydrogens is 260 g/mol. The van der Waals surface area contributed by atoms with Crippen LogP contribution in [0.15, 0.2) is 0 Å². The summed E-state index contributed by atoms with van der Waals surface area (Å²) in [5, 5.41) is 2.55. The molecule has 0 saturated carbocycles. The van der Waals surface area contributed by atoms with Gasteiger partial charge in [-0.05, 0) is 40.5 Å². The van der Waals surface area contributed by atoms with Gasteiger partial charge in [-0.1, -0.05) is 0 Å². The van der Waals surface area contributed by atoms with Crippen LogP contribution < -0.4 is 5.32 Å². The summed E-state index contributed by atoms with van der Waals surface area (Å²) in [5.74, 6) is -0.147. The number of likely N-dealkylation sites (N-methyl/N-ethyl adjacent to an activating group) is 1. The van der Waals surface area contributed by atoms with Crippen molar-refractivity contribution in [3.63, 3.8) is 0 Å². The van der Waals surface area contributed by atoms with Crippen LogP contribution in [-0.4, -0.2) is 54.8 Å². The van der Waals surface area contributed by atoms with Gasteiger partial charge >= 0.3 is 6.09 Å². The first kappa shape index (κ1) is 16.8. The maximum Gasteiger partial charge on any atom is 0.408 e. The van der Waals surface area contributed by atoms with Crippen LogP contribution in [0.25, 0.3) is 0 Å². The van der Waals surface area contributed by atoms with Crippen molar-refractivity contribution >= 4 is 12.0 Å². The molecule has 1 heterocycles. The maximum atomic E-state index is 12.1. The molecule has 1 saturated heterocycles. The third kappa shape index (κ3) is 5.77. The van der Waals surface area contributed by atoms with Gasteiger partial charge in [0.2, 0.25) is 5.91 Å². The number of ether oxygens (including phenoxy) is 2. The highest BCUT2D eigenvalue weighted by Gasteiger charge is 2.25. The van der Waals surface area contributed by atoms with Gasteiger partial charge in [0.1, 0.15) is 11.6 Å². The van der Waals surface area contributed by atoms with E-state index in [1.807, 2.05) is 0 Å². The van der Waals surface area contributed by atoms with Crippen LogP contribution in [0.2, 0.25) is 0 Å². The summed E-state index contributed by atoms with van der Waals surface area (Å²) < 4.78 is 10.6. The van der Waals surface area contributed by atoms with E-state index in [0.717, 1.165) is 19.4 Å². The molecule has 1 aliphatic rings. The number of carbonyl (C=O) groups excluding carboxylic acids is 2. The molecule has 1 fully saturated rings. The van der Waals surface area contributed by atoms with E-state index in [9.17, 15) is 9.59 Å². The molecule has 1 rings (SSSR count). The molecule has 0 aromatic rings. The fourth-order valence-electron chi connectivity index (χ4n) is 2.06. The van der Waals surface area contributed by atoms with Crippen molar-refractivity contribution in [1.82, 2.24) is 10.2 Å². The van der Waals surface area contributed by atoms with Gasteiger partial charge in [0.25, 0.3) is 0 Å². The SMILES string of the molecule is CC(NC(=O)OC(C)(C)C)C(=O)N(C)CC1CCCO1. The molecule has 20 heavy (non-hydrogen) atoms. The van der Waals surface area contributed by atoms with Gasteiger partial charge in [-0.2, -0.15) is 0 Å². The highest BCUT2D eigenvalue weighted by Crippen LogP contribution is 2.13. The van der Waals surface area contributed by atoms with Crippen LogP contribution in [-0.2, 0) is 14.3 Å². The normalized spacial score (nSPS) is 20.4. The molecule has 0 bridgehead atoms. The number of rotatable bonds is 4. The lowest BCUT2D eigenvalue weighted by Gasteiger charge is -2.26. The molecule has 0 radical (unpaired) electrons. The lowest BCUT2D eigenvalue weighted by atomic mass is 10.2. The van der Waals surface area contributed by atoms with Crippen molar-refractivity contribution < 1.29 is 19.1 Å². The van der Waals surface area contributed by atoms with Crippen molar-refractivity contribution in [2.75, 3.05) is 20.2 Å². The third-order valence-electron chi connectivity index (χ3n) is 2.98. The second kappa shape index (κ2) is 6.92. The minimum absolute atomic E-state index is 0.109. The summed E-state index contributed by atoms with van der Waals surface area (Å²) in [7, 11) is 1.72. The molecule has 0 spiro atoms. The van der Waals surface area contributed by atoms with Crippen LogP contribution in [0.3, 0.4) is 0 Å². The third-order valence-corrected chi connectivity index (χ3v) is 2.98. The smallest absolute Gasteiger partial charge is 0.408 e. The Morgan fingerprint density at radius 3 is 2.60 bits per heavy atom. The zero-order valence-electron chi connectivity index (χ0n) is 13.1. The van der Waals surface area contributed by atoms with Gasteiger partial charge in [-0.25, -0.2) is 4.79 Å². The second-order valence-electron chi connectivity index (χ2n) is 6.22. The van der Waals surface area contributed by atoms with Gasteiger partial charge in [-0.15, -0.1) is 0 Å². The van der Waals surface area contributed by atoms with Crippen LogP contribution in [0.5, 0.6) is 0 Å². The minimum atomic E-state index is -0.615. The Morgan fingerprint density at radius 2 is 2.10 bits per heavy atom. The average Bonchev–Trinajstić information content (AvgIpc) is 2.77. The lowest BCUT2D eigenvalue weighted by Crippen LogP contribution is -2.48. The monoisotopic (exact) mass is 286 g/mol. The Bertz CT molecular complexity index is 346. The zero-order chi connectivity index (χ0) is 15.3. The molecule has 1 N–H and O–H groups in total. The Morgan fingerprint density at radius 1 is 1.45 bits per heavy atom. The van der Waals surface area contributed by atoms with Crippen molar-refractivity contribution in [2.24, 2.45) is 0 Å². The summed E-state index contributed by atoms with van der Waals surface area (Å²) in [6.07, 6.45) is 1.55.